The minimum absolute atomic E-state index is 0.289. The molecule has 0 bridgehead atoms. The number of imidazole rings is 1. The Balaban J connectivity index is 2.22. The second-order valence-electron chi connectivity index (χ2n) is 11.3. The van der Waals surface area contributed by atoms with Gasteiger partial charge in [-0.15, -0.1) is 0 Å². The minimum atomic E-state index is -3.81. The van der Waals surface area contributed by atoms with Gasteiger partial charge in [0.15, 0.2) is 11.5 Å². The fourth-order valence-corrected chi connectivity index (χ4v) is 5.64. The van der Waals surface area contributed by atoms with Crippen molar-refractivity contribution in [2.24, 2.45) is 17.0 Å². The summed E-state index contributed by atoms with van der Waals surface area (Å²) < 4.78 is 32.9. The Hall–Kier alpha value is -2.56. The Morgan fingerprint density at radius 2 is 1.82 bits per heavy atom. The zero-order valence-electron chi connectivity index (χ0n) is 24.6. The van der Waals surface area contributed by atoms with E-state index in [-0.39, 0.29) is 13.0 Å². The van der Waals surface area contributed by atoms with Gasteiger partial charge in [0.05, 0.1) is 31.3 Å². The van der Waals surface area contributed by atoms with Crippen molar-refractivity contribution in [3.05, 3.63) is 12.7 Å². The highest BCUT2D eigenvalue weighted by atomic mass is 31.2. The second kappa shape index (κ2) is 14.7. The van der Waals surface area contributed by atoms with Crippen LogP contribution in [0.5, 0.6) is 0 Å². The largest absolute Gasteiger partial charge is 0.464 e. The van der Waals surface area contributed by atoms with Crippen LogP contribution in [0.4, 0.5) is 5.82 Å². The van der Waals surface area contributed by atoms with Gasteiger partial charge in [-0.05, 0) is 51.9 Å². The maximum Gasteiger partial charge on any atom is 0.365 e. The number of ether oxygens (including phenoxy) is 2. The van der Waals surface area contributed by atoms with Gasteiger partial charge in [-0.3, -0.25) is 9.36 Å². The third-order valence-corrected chi connectivity index (χ3v) is 7.43. The van der Waals surface area contributed by atoms with E-state index in [2.05, 4.69) is 52.9 Å². The number of carbonyl (C=O) groups is 1. The average molecular weight is 568 g/mol. The lowest BCUT2D eigenvalue weighted by Gasteiger charge is -2.29. The summed E-state index contributed by atoms with van der Waals surface area (Å²) in [6.07, 6.45) is 5.30. The molecule has 0 aliphatic rings. The van der Waals surface area contributed by atoms with Gasteiger partial charge in [0.2, 0.25) is 0 Å². The van der Waals surface area contributed by atoms with Gasteiger partial charge in [-0.25, -0.2) is 20.0 Å². The molecule has 220 valence electrons. The van der Waals surface area contributed by atoms with Crippen LogP contribution in [0.2, 0.25) is 0 Å². The van der Waals surface area contributed by atoms with E-state index in [4.69, 9.17) is 19.8 Å². The predicted octanol–water partition coefficient (Wildman–Crippen LogP) is 5.14. The molecule has 0 spiro atoms. The average Bonchev–Trinajstić information content (AvgIpc) is 3.24. The summed E-state index contributed by atoms with van der Waals surface area (Å²) in [6, 6.07) is 0. The van der Waals surface area contributed by atoms with Gasteiger partial charge >= 0.3 is 13.5 Å². The Bertz CT molecular complexity index is 1140. The highest BCUT2D eigenvalue weighted by Gasteiger charge is 2.40. The molecule has 0 amide bonds. The smallest absolute Gasteiger partial charge is 0.365 e. The molecule has 0 saturated carbocycles. The van der Waals surface area contributed by atoms with Crippen molar-refractivity contribution in [1.29, 1.82) is 0 Å². The first kappa shape index (κ1) is 32.7. The summed E-state index contributed by atoms with van der Waals surface area (Å²) in [5.41, 5.74) is 6.47. The molecule has 0 aliphatic heterocycles. The number of esters is 1. The second-order valence-corrected chi connectivity index (χ2v) is 13.3. The Kier molecular flexibility index (Phi) is 12.3. The molecule has 2 atom stereocenters. The third kappa shape index (κ3) is 10.5. The van der Waals surface area contributed by atoms with Gasteiger partial charge in [0.25, 0.3) is 0 Å². The SMILES string of the molecule is CCCCOC(=O)C(C)(C)NP(=O)(COC(C)Cn1cnc2c(N)ncnc21)ON=C(CC(C)C)CC(C)C. The number of unbranched alkanes of at least 4 members (excludes halogenated alkanes) is 1. The number of hydrogen-bond donors (Lipinski definition) is 2. The molecular weight excluding hydrogens is 521 g/mol. The molecule has 2 unspecified atom stereocenters. The van der Waals surface area contributed by atoms with Crippen molar-refractivity contribution in [2.45, 2.75) is 99.3 Å². The van der Waals surface area contributed by atoms with Crippen LogP contribution < -0.4 is 10.8 Å². The lowest BCUT2D eigenvalue weighted by Crippen LogP contribution is -2.47. The van der Waals surface area contributed by atoms with Crippen LogP contribution in [0.15, 0.2) is 17.8 Å². The third-order valence-electron chi connectivity index (χ3n) is 5.69. The van der Waals surface area contributed by atoms with Gasteiger partial charge in [0, 0.05) is 0 Å². The van der Waals surface area contributed by atoms with Crippen LogP contribution >= 0.6 is 7.52 Å². The van der Waals surface area contributed by atoms with Crippen molar-refractivity contribution in [2.75, 3.05) is 18.7 Å². The number of anilines is 1. The summed E-state index contributed by atoms with van der Waals surface area (Å²) in [6.45, 7) is 16.1. The van der Waals surface area contributed by atoms with E-state index in [1.807, 2.05) is 13.8 Å². The standard InChI is InChI=1S/C26H46N7O5P/c1-9-10-11-36-25(34)26(7,8)32-39(35,38-31-21(12-18(2)3)13-19(4)5)17-37-20(6)14-33-16-30-22-23(27)28-15-29-24(22)33/h15-16,18-20H,9-14,17H2,1-8H3,(H,32,35)(H2,27,28,29). The van der Waals surface area contributed by atoms with Gasteiger partial charge < -0.3 is 24.4 Å². The highest BCUT2D eigenvalue weighted by molar-refractivity contribution is 7.56. The number of aromatic nitrogens is 4. The number of hydrogen-bond acceptors (Lipinski definition) is 10. The van der Waals surface area contributed by atoms with E-state index in [0.29, 0.717) is 48.2 Å². The highest BCUT2D eigenvalue weighted by Crippen LogP contribution is 2.46. The Morgan fingerprint density at radius 3 is 2.44 bits per heavy atom. The quantitative estimate of drug-likeness (QED) is 0.0862. The van der Waals surface area contributed by atoms with E-state index in [1.54, 1.807) is 24.7 Å². The summed E-state index contributed by atoms with van der Waals surface area (Å²) >= 11 is 0. The normalized spacial score (nSPS) is 14.4. The van der Waals surface area contributed by atoms with Gasteiger partial charge in [-0.2, -0.15) is 0 Å². The zero-order chi connectivity index (χ0) is 29.2. The molecule has 0 fully saturated rings. The van der Waals surface area contributed by atoms with Crippen LogP contribution in [-0.2, 0) is 30.0 Å². The topological polar surface area (TPSA) is 156 Å². The maximum atomic E-state index is 14.1. The maximum absolute atomic E-state index is 14.1. The van der Waals surface area contributed by atoms with Crippen LogP contribution in [0, 0.1) is 11.8 Å². The fraction of sp³-hybridized carbons (Fsp3) is 0.731. The molecule has 3 N–H and O–H groups in total. The van der Waals surface area contributed by atoms with Crippen molar-refractivity contribution >= 4 is 36.2 Å². The molecule has 0 aromatic carbocycles. The van der Waals surface area contributed by atoms with Crippen molar-refractivity contribution in [3.8, 4) is 0 Å². The molecule has 0 saturated heterocycles. The number of rotatable bonds is 17. The van der Waals surface area contributed by atoms with E-state index in [9.17, 15) is 9.36 Å². The number of nitrogens with one attached hydrogen (secondary N) is 1. The van der Waals surface area contributed by atoms with Crippen molar-refractivity contribution < 1.29 is 23.5 Å². The summed E-state index contributed by atoms with van der Waals surface area (Å²) in [4.78, 5) is 25.3. The van der Waals surface area contributed by atoms with Crippen LogP contribution in [0.3, 0.4) is 0 Å². The number of nitrogens with zero attached hydrogens (tertiary/aromatic N) is 5. The number of oxime groups is 1. The van der Waals surface area contributed by atoms with Crippen molar-refractivity contribution in [1.82, 2.24) is 24.6 Å². The molecule has 0 aliphatic carbocycles. The summed E-state index contributed by atoms with van der Waals surface area (Å²) in [5.74, 6) is 0.465. The molecule has 39 heavy (non-hydrogen) atoms. The molecule has 2 heterocycles. The molecule has 12 nitrogen and oxygen atoms in total. The fourth-order valence-electron chi connectivity index (χ4n) is 3.85. The van der Waals surface area contributed by atoms with Gasteiger partial charge in [0.1, 0.15) is 23.7 Å². The van der Waals surface area contributed by atoms with E-state index < -0.39 is 25.1 Å². The van der Waals surface area contributed by atoms with E-state index >= 15 is 0 Å². The molecule has 0 radical (unpaired) electrons. The summed E-state index contributed by atoms with van der Waals surface area (Å²) in [7, 11) is -3.81. The number of nitrogen functional groups attached to an aromatic ring is 1. The minimum Gasteiger partial charge on any atom is -0.464 e. The first-order valence-electron chi connectivity index (χ1n) is 13.6. The monoisotopic (exact) mass is 567 g/mol. The molecule has 2 rings (SSSR count). The van der Waals surface area contributed by atoms with Crippen LogP contribution in [0.1, 0.15) is 81.1 Å². The van der Waals surface area contributed by atoms with E-state index in [1.165, 1.54) is 6.33 Å². The molecule has 2 aromatic rings. The molecular formula is C26H46N7O5P. The summed E-state index contributed by atoms with van der Waals surface area (Å²) in [5, 5.41) is 7.19. The van der Waals surface area contributed by atoms with E-state index in [0.717, 1.165) is 18.6 Å². The van der Waals surface area contributed by atoms with Gasteiger partial charge in [-0.1, -0.05) is 46.2 Å². The number of fused-ring (bicyclic) bond motifs is 1. The van der Waals surface area contributed by atoms with Crippen LogP contribution in [0.25, 0.3) is 11.2 Å². The van der Waals surface area contributed by atoms with Crippen LogP contribution in [-0.4, -0.2) is 55.8 Å². The lowest BCUT2D eigenvalue weighted by molar-refractivity contribution is -0.149. The predicted molar refractivity (Wildman–Crippen MR) is 153 cm³/mol. The number of nitrogens with two attached hydrogens (primary N) is 1. The lowest BCUT2D eigenvalue weighted by atomic mass is 9.99. The first-order chi connectivity index (χ1) is 18.3. The zero-order valence-corrected chi connectivity index (χ0v) is 25.5. The first-order valence-corrected chi connectivity index (χ1v) is 15.4. The molecule has 13 heteroatoms. The van der Waals surface area contributed by atoms with Crippen molar-refractivity contribution in [3.63, 3.8) is 0 Å². The molecule has 2 aromatic heterocycles. The Morgan fingerprint density at radius 1 is 1.15 bits per heavy atom. The Labute approximate surface area is 232 Å². The number of carbonyl (C=O) groups excluding carboxylic acids is 1.